The van der Waals surface area contributed by atoms with Gasteiger partial charge >= 0.3 is 0 Å². The summed E-state index contributed by atoms with van der Waals surface area (Å²) in [6.07, 6.45) is 9.20. The normalized spacial score (nSPS) is 22.1. The van der Waals surface area contributed by atoms with E-state index in [0.717, 1.165) is 56.1 Å². The van der Waals surface area contributed by atoms with E-state index in [4.69, 9.17) is 0 Å². The third-order valence-electron chi connectivity index (χ3n) is 6.68. The number of fused-ring (bicyclic) bond motifs is 1. The van der Waals surface area contributed by atoms with Crippen molar-refractivity contribution in [3.8, 4) is 0 Å². The second-order valence-corrected chi connectivity index (χ2v) is 8.80. The molecule has 1 N–H and O–H groups in total. The number of benzene rings is 1. The van der Waals surface area contributed by atoms with Crippen LogP contribution < -0.4 is 5.32 Å². The van der Waals surface area contributed by atoms with E-state index in [1.165, 1.54) is 12.8 Å². The Labute approximate surface area is 177 Å². The molecule has 2 atom stereocenters. The Morgan fingerprint density at radius 2 is 1.73 bits per heavy atom. The predicted molar refractivity (Wildman–Crippen MR) is 116 cm³/mol. The number of aromatic nitrogens is 1. The fraction of sp³-hybridized carbons (Fsp3) is 0.542. The van der Waals surface area contributed by atoms with Crippen LogP contribution in [0.15, 0.2) is 30.5 Å². The van der Waals surface area contributed by atoms with Crippen molar-refractivity contribution in [2.75, 3.05) is 13.1 Å². The maximum absolute atomic E-state index is 13.0. The quantitative estimate of drug-likeness (QED) is 0.607. The van der Waals surface area contributed by atoms with E-state index in [-0.39, 0.29) is 18.5 Å². The number of likely N-dealkylation sites (tertiary alicyclic amines) is 1. The molecule has 1 aliphatic carbocycles. The van der Waals surface area contributed by atoms with Crippen LogP contribution >= 0.6 is 0 Å². The molecule has 6 nitrogen and oxygen atoms in total. The number of ketones is 1. The monoisotopic (exact) mass is 409 g/mol. The maximum atomic E-state index is 13.0. The molecule has 2 amide bonds. The zero-order chi connectivity index (χ0) is 21.1. The van der Waals surface area contributed by atoms with Gasteiger partial charge in [0.1, 0.15) is 6.54 Å². The number of para-hydroxylation sites is 1. The topological polar surface area (TPSA) is 71.4 Å². The second-order valence-electron chi connectivity index (χ2n) is 8.80. The second kappa shape index (κ2) is 9.02. The zero-order valence-corrected chi connectivity index (χ0v) is 17.7. The first-order chi connectivity index (χ1) is 14.5. The molecule has 1 saturated heterocycles. The van der Waals surface area contributed by atoms with E-state index in [0.29, 0.717) is 11.5 Å². The molecule has 2 aliphatic rings. The molecule has 6 heteroatoms. The number of carbonyl (C=O) groups excluding carboxylic acids is 3. The van der Waals surface area contributed by atoms with Crippen LogP contribution in [0.1, 0.15) is 62.2 Å². The molecule has 2 heterocycles. The van der Waals surface area contributed by atoms with Crippen LogP contribution in [0.5, 0.6) is 0 Å². The van der Waals surface area contributed by atoms with E-state index in [2.05, 4.69) is 12.2 Å². The Hall–Kier alpha value is -2.63. The summed E-state index contributed by atoms with van der Waals surface area (Å²) in [6, 6.07) is 7.56. The highest BCUT2D eigenvalue weighted by molar-refractivity contribution is 6.45. The third-order valence-corrected chi connectivity index (χ3v) is 6.68. The van der Waals surface area contributed by atoms with Crippen molar-refractivity contribution in [1.29, 1.82) is 0 Å². The highest BCUT2D eigenvalue weighted by atomic mass is 16.2. The van der Waals surface area contributed by atoms with Gasteiger partial charge in [-0.25, -0.2) is 0 Å². The molecule has 30 heavy (non-hydrogen) atoms. The minimum atomic E-state index is -0.543. The van der Waals surface area contributed by atoms with E-state index >= 15 is 0 Å². The Kier molecular flexibility index (Phi) is 6.21. The first-order valence-corrected chi connectivity index (χ1v) is 11.3. The SMILES string of the molecule is C[C@@H]1CCCC[C@@H]1NC(=O)C(=O)c1cn(CC(=O)N2CCCCC2)c2ccccc12. The fourth-order valence-electron chi connectivity index (χ4n) is 4.83. The number of nitrogens with zero attached hydrogens (tertiary/aromatic N) is 2. The number of carbonyl (C=O) groups is 3. The van der Waals surface area contributed by atoms with Crippen LogP contribution in [-0.2, 0) is 16.1 Å². The van der Waals surface area contributed by atoms with Crippen molar-refractivity contribution in [1.82, 2.24) is 14.8 Å². The Morgan fingerprint density at radius 3 is 2.50 bits per heavy atom. The lowest BCUT2D eigenvalue weighted by atomic mass is 9.86. The van der Waals surface area contributed by atoms with Gasteiger partial charge in [0.2, 0.25) is 5.91 Å². The van der Waals surface area contributed by atoms with Gasteiger partial charge in [0, 0.05) is 36.2 Å². The van der Waals surface area contributed by atoms with Gasteiger partial charge in [-0.3, -0.25) is 14.4 Å². The van der Waals surface area contributed by atoms with Gasteiger partial charge in [-0.1, -0.05) is 38.0 Å². The van der Waals surface area contributed by atoms with Crippen LogP contribution in [0, 0.1) is 5.92 Å². The minimum Gasteiger partial charge on any atom is -0.346 e. The lowest BCUT2D eigenvalue weighted by molar-refractivity contribution is -0.132. The molecular weight excluding hydrogens is 378 g/mol. The number of hydrogen-bond acceptors (Lipinski definition) is 3. The van der Waals surface area contributed by atoms with Crippen LogP contribution in [0.2, 0.25) is 0 Å². The Bertz CT molecular complexity index is 942. The van der Waals surface area contributed by atoms with Crippen LogP contribution in [-0.4, -0.2) is 46.2 Å². The number of rotatable bonds is 5. The van der Waals surface area contributed by atoms with E-state index < -0.39 is 11.7 Å². The molecule has 0 bridgehead atoms. The van der Waals surface area contributed by atoms with Gasteiger partial charge in [0.25, 0.3) is 11.7 Å². The molecule has 4 rings (SSSR count). The van der Waals surface area contributed by atoms with E-state index in [1.807, 2.05) is 33.7 Å². The van der Waals surface area contributed by atoms with E-state index in [9.17, 15) is 14.4 Å². The number of hydrogen-bond donors (Lipinski definition) is 1. The Balaban J connectivity index is 1.54. The molecule has 1 aromatic carbocycles. The average Bonchev–Trinajstić information content (AvgIpc) is 3.14. The van der Waals surface area contributed by atoms with Crippen molar-refractivity contribution < 1.29 is 14.4 Å². The number of Topliss-reactive ketones (excluding diaryl/α,β-unsaturated/α-hetero) is 1. The largest absolute Gasteiger partial charge is 0.346 e. The van der Waals surface area contributed by atoms with Gasteiger partial charge in [-0.15, -0.1) is 0 Å². The first kappa shape index (κ1) is 20.6. The highest BCUT2D eigenvalue weighted by Crippen LogP contribution is 2.25. The maximum Gasteiger partial charge on any atom is 0.292 e. The summed E-state index contributed by atoms with van der Waals surface area (Å²) >= 11 is 0. The molecule has 0 unspecified atom stereocenters. The summed E-state index contributed by atoms with van der Waals surface area (Å²) in [4.78, 5) is 40.4. The summed E-state index contributed by atoms with van der Waals surface area (Å²) in [5.41, 5.74) is 1.18. The predicted octanol–water partition coefficient (Wildman–Crippen LogP) is 3.53. The zero-order valence-electron chi connectivity index (χ0n) is 17.7. The van der Waals surface area contributed by atoms with Crippen molar-refractivity contribution in [3.05, 3.63) is 36.0 Å². The summed E-state index contributed by atoms with van der Waals surface area (Å²) in [6.45, 7) is 3.92. The molecule has 160 valence electrons. The van der Waals surface area contributed by atoms with Gasteiger partial charge in [0.05, 0.1) is 5.56 Å². The number of amides is 2. The van der Waals surface area contributed by atoms with Crippen molar-refractivity contribution in [2.45, 2.75) is 64.5 Å². The van der Waals surface area contributed by atoms with Gasteiger partial charge in [0.15, 0.2) is 0 Å². The van der Waals surface area contributed by atoms with Crippen LogP contribution in [0.3, 0.4) is 0 Å². The highest BCUT2D eigenvalue weighted by Gasteiger charge is 2.28. The third kappa shape index (κ3) is 4.27. The minimum absolute atomic E-state index is 0.0595. The Morgan fingerprint density at radius 1 is 1.00 bits per heavy atom. The van der Waals surface area contributed by atoms with Gasteiger partial charge < -0.3 is 14.8 Å². The van der Waals surface area contributed by atoms with Gasteiger partial charge in [-0.2, -0.15) is 0 Å². The van der Waals surface area contributed by atoms with Gasteiger partial charge in [-0.05, 0) is 44.1 Å². The molecule has 0 spiro atoms. The summed E-state index contributed by atoms with van der Waals surface area (Å²) in [7, 11) is 0. The van der Waals surface area contributed by atoms with Crippen molar-refractivity contribution in [2.24, 2.45) is 5.92 Å². The molecule has 0 radical (unpaired) electrons. The lowest BCUT2D eigenvalue weighted by Gasteiger charge is -2.29. The average molecular weight is 410 g/mol. The fourth-order valence-corrected chi connectivity index (χ4v) is 4.83. The molecule has 2 aromatic rings. The van der Waals surface area contributed by atoms with E-state index in [1.54, 1.807) is 6.20 Å². The molecule has 1 saturated carbocycles. The molecular formula is C24H31N3O3. The standard InChI is InChI=1S/C24H31N3O3/c1-17-9-3-5-11-20(17)25-24(30)23(29)19-15-27(21-12-6-4-10-18(19)21)16-22(28)26-13-7-2-8-14-26/h4,6,10,12,15,17,20H,2-3,5,7-9,11,13-14,16H2,1H3,(H,25,30)/t17-,20+/m1/s1. The van der Waals surface area contributed by atoms with Crippen LogP contribution in [0.4, 0.5) is 0 Å². The summed E-state index contributed by atoms with van der Waals surface area (Å²) in [5, 5.41) is 3.68. The van der Waals surface area contributed by atoms with Crippen LogP contribution in [0.25, 0.3) is 10.9 Å². The molecule has 1 aromatic heterocycles. The molecule has 2 fully saturated rings. The number of piperidine rings is 1. The summed E-state index contributed by atoms with van der Waals surface area (Å²) in [5.74, 6) is -0.610. The lowest BCUT2D eigenvalue weighted by Crippen LogP contribution is -2.44. The smallest absolute Gasteiger partial charge is 0.292 e. The first-order valence-electron chi connectivity index (χ1n) is 11.3. The van der Waals surface area contributed by atoms with Crippen molar-refractivity contribution in [3.63, 3.8) is 0 Å². The van der Waals surface area contributed by atoms with Crippen molar-refractivity contribution >= 4 is 28.5 Å². The summed E-state index contributed by atoms with van der Waals surface area (Å²) < 4.78 is 1.82. The molecule has 1 aliphatic heterocycles. The number of nitrogens with one attached hydrogen (secondary N) is 1.